The SMILES string of the molecule is O=C(c1ccc(Sc2cccc(Cl)c2)c([N+](=O)[O-])c1)N1CCCCCC1. The first-order valence-corrected chi connectivity index (χ1v) is 9.75. The highest BCUT2D eigenvalue weighted by Gasteiger charge is 2.22. The van der Waals surface area contributed by atoms with Crippen LogP contribution < -0.4 is 0 Å². The highest BCUT2D eigenvalue weighted by Crippen LogP contribution is 2.36. The molecule has 2 aromatic carbocycles. The Balaban J connectivity index is 1.86. The van der Waals surface area contributed by atoms with E-state index in [4.69, 9.17) is 11.6 Å². The molecule has 26 heavy (non-hydrogen) atoms. The summed E-state index contributed by atoms with van der Waals surface area (Å²) in [6, 6.07) is 11.9. The first kappa shape index (κ1) is 18.7. The van der Waals surface area contributed by atoms with Gasteiger partial charge in [0.2, 0.25) is 0 Å². The fourth-order valence-electron chi connectivity index (χ4n) is 2.99. The summed E-state index contributed by atoms with van der Waals surface area (Å²) in [6.07, 6.45) is 4.21. The predicted molar refractivity (Wildman–Crippen MR) is 103 cm³/mol. The first-order valence-electron chi connectivity index (χ1n) is 8.56. The summed E-state index contributed by atoms with van der Waals surface area (Å²) in [6.45, 7) is 1.43. The maximum atomic E-state index is 12.7. The Bertz CT molecular complexity index is 820. The predicted octanol–water partition coefficient (Wildman–Crippen LogP) is 5.42. The fourth-order valence-corrected chi connectivity index (χ4v) is 4.21. The largest absolute Gasteiger partial charge is 0.339 e. The number of amides is 1. The second-order valence-electron chi connectivity index (χ2n) is 6.21. The second-order valence-corrected chi connectivity index (χ2v) is 7.76. The van der Waals surface area contributed by atoms with Crippen molar-refractivity contribution in [3.8, 4) is 0 Å². The maximum Gasteiger partial charge on any atom is 0.284 e. The van der Waals surface area contributed by atoms with E-state index in [2.05, 4.69) is 0 Å². The standard InChI is InChI=1S/C19H19ClN2O3S/c20-15-6-5-7-16(13-15)26-18-9-8-14(12-17(18)22(24)25)19(23)21-10-3-1-2-4-11-21/h5-9,12-13H,1-4,10-11H2. The van der Waals surface area contributed by atoms with E-state index in [1.807, 2.05) is 6.07 Å². The molecule has 0 spiro atoms. The molecule has 1 heterocycles. The number of nitro benzene ring substituents is 1. The number of benzene rings is 2. The van der Waals surface area contributed by atoms with Crippen molar-refractivity contribution >= 4 is 35.0 Å². The van der Waals surface area contributed by atoms with Crippen LogP contribution in [-0.4, -0.2) is 28.8 Å². The minimum Gasteiger partial charge on any atom is -0.339 e. The van der Waals surface area contributed by atoms with Crippen molar-refractivity contribution in [3.63, 3.8) is 0 Å². The van der Waals surface area contributed by atoms with E-state index in [1.165, 1.54) is 17.8 Å². The van der Waals surface area contributed by atoms with E-state index < -0.39 is 4.92 Å². The average Bonchev–Trinajstić information content (AvgIpc) is 2.90. The minimum absolute atomic E-state index is 0.0596. The van der Waals surface area contributed by atoms with Crippen LogP contribution in [0.1, 0.15) is 36.0 Å². The second kappa shape index (κ2) is 8.56. The quantitative estimate of drug-likeness (QED) is 0.516. The van der Waals surface area contributed by atoms with Crippen molar-refractivity contribution < 1.29 is 9.72 Å². The number of carbonyl (C=O) groups excluding carboxylic acids is 1. The van der Waals surface area contributed by atoms with Gasteiger partial charge in [0.15, 0.2) is 0 Å². The van der Waals surface area contributed by atoms with E-state index in [9.17, 15) is 14.9 Å². The summed E-state index contributed by atoms with van der Waals surface area (Å²) in [4.78, 5) is 26.9. The molecule has 1 fully saturated rings. The van der Waals surface area contributed by atoms with Crippen LogP contribution in [0.4, 0.5) is 5.69 Å². The molecule has 1 aliphatic heterocycles. The molecule has 1 saturated heterocycles. The summed E-state index contributed by atoms with van der Waals surface area (Å²) in [5.41, 5.74) is 0.310. The van der Waals surface area contributed by atoms with Gasteiger partial charge in [-0.05, 0) is 43.2 Å². The molecule has 7 heteroatoms. The van der Waals surface area contributed by atoms with Gasteiger partial charge in [0, 0.05) is 34.6 Å². The molecule has 3 rings (SSSR count). The molecule has 0 bridgehead atoms. The summed E-state index contributed by atoms with van der Waals surface area (Å²) in [5, 5.41) is 12.1. The highest BCUT2D eigenvalue weighted by atomic mass is 35.5. The lowest BCUT2D eigenvalue weighted by Crippen LogP contribution is -2.31. The minimum atomic E-state index is -0.438. The van der Waals surface area contributed by atoms with E-state index >= 15 is 0 Å². The van der Waals surface area contributed by atoms with Crippen molar-refractivity contribution in [2.45, 2.75) is 35.5 Å². The molecule has 5 nitrogen and oxygen atoms in total. The molecule has 0 atom stereocenters. The van der Waals surface area contributed by atoms with Gasteiger partial charge in [-0.2, -0.15) is 0 Å². The molecule has 1 aliphatic rings. The molecular weight excluding hydrogens is 372 g/mol. The third kappa shape index (κ3) is 4.56. The van der Waals surface area contributed by atoms with Gasteiger partial charge in [-0.15, -0.1) is 0 Å². The van der Waals surface area contributed by atoms with Crippen LogP contribution in [0.3, 0.4) is 0 Å². The van der Waals surface area contributed by atoms with Gasteiger partial charge in [-0.25, -0.2) is 0 Å². The van der Waals surface area contributed by atoms with Gasteiger partial charge < -0.3 is 4.90 Å². The molecule has 0 N–H and O–H groups in total. The van der Waals surface area contributed by atoms with Gasteiger partial charge in [-0.3, -0.25) is 14.9 Å². The van der Waals surface area contributed by atoms with Gasteiger partial charge >= 0.3 is 0 Å². The van der Waals surface area contributed by atoms with Crippen molar-refractivity contribution in [2.75, 3.05) is 13.1 Å². The van der Waals surface area contributed by atoms with Crippen LogP contribution in [0.5, 0.6) is 0 Å². The van der Waals surface area contributed by atoms with Gasteiger partial charge in [-0.1, -0.05) is 42.3 Å². The number of nitrogens with zero attached hydrogens (tertiary/aromatic N) is 2. The number of hydrogen-bond donors (Lipinski definition) is 0. The third-order valence-corrected chi connectivity index (χ3v) is 5.61. The van der Waals surface area contributed by atoms with E-state index in [0.29, 0.717) is 28.6 Å². The first-order chi connectivity index (χ1) is 12.5. The average molecular weight is 391 g/mol. The van der Waals surface area contributed by atoms with Gasteiger partial charge in [0.1, 0.15) is 0 Å². The Hall–Kier alpha value is -2.05. The summed E-state index contributed by atoms with van der Waals surface area (Å²) in [7, 11) is 0. The van der Waals surface area contributed by atoms with E-state index in [1.54, 1.807) is 35.2 Å². The number of nitro groups is 1. The third-order valence-electron chi connectivity index (χ3n) is 4.32. The Morgan fingerprint density at radius 3 is 2.46 bits per heavy atom. The smallest absolute Gasteiger partial charge is 0.284 e. The zero-order valence-electron chi connectivity index (χ0n) is 14.2. The maximum absolute atomic E-state index is 12.7. The lowest BCUT2D eigenvalue weighted by molar-refractivity contribution is -0.387. The molecule has 0 saturated carbocycles. The zero-order chi connectivity index (χ0) is 18.5. The molecule has 0 aromatic heterocycles. The van der Waals surface area contributed by atoms with Crippen molar-refractivity contribution in [3.05, 3.63) is 63.2 Å². The molecule has 1 amide bonds. The van der Waals surface area contributed by atoms with E-state index in [-0.39, 0.29) is 11.6 Å². The molecule has 0 aliphatic carbocycles. The Morgan fingerprint density at radius 1 is 1.08 bits per heavy atom. The molecule has 136 valence electrons. The van der Waals surface area contributed by atoms with Crippen molar-refractivity contribution in [1.82, 2.24) is 4.90 Å². The van der Waals surface area contributed by atoms with Crippen molar-refractivity contribution in [2.24, 2.45) is 0 Å². The summed E-state index contributed by atoms with van der Waals surface area (Å²) < 4.78 is 0. The van der Waals surface area contributed by atoms with Gasteiger partial charge in [0.25, 0.3) is 11.6 Å². The number of hydrogen-bond acceptors (Lipinski definition) is 4. The lowest BCUT2D eigenvalue weighted by atomic mass is 10.1. The lowest BCUT2D eigenvalue weighted by Gasteiger charge is -2.20. The molecule has 0 radical (unpaired) electrons. The Morgan fingerprint density at radius 2 is 1.81 bits per heavy atom. The van der Waals surface area contributed by atoms with Crippen LogP contribution in [0, 0.1) is 10.1 Å². The number of halogens is 1. The van der Waals surface area contributed by atoms with E-state index in [0.717, 1.165) is 30.6 Å². The van der Waals surface area contributed by atoms with Crippen LogP contribution in [0.15, 0.2) is 52.3 Å². The zero-order valence-corrected chi connectivity index (χ0v) is 15.8. The Labute approximate surface area is 161 Å². The fraction of sp³-hybridized carbons (Fsp3) is 0.316. The molecular formula is C19H19ClN2O3S. The monoisotopic (exact) mass is 390 g/mol. The molecule has 0 unspecified atom stereocenters. The van der Waals surface area contributed by atoms with Crippen LogP contribution in [0.2, 0.25) is 5.02 Å². The Kier molecular flexibility index (Phi) is 6.16. The number of likely N-dealkylation sites (tertiary alicyclic amines) is 1. The van der Waals surface area contributed by atoms with Crippen LogP contribution >= 0.6 is 23.4 Å². The summed E-state index contributed by atoms with van der Waals surface area (Å²) in [5.74, 6) is -0.130. The van der Waals surface area contributed by atoms with Crippen LogP contribution in [0.25, 0.3) is 0 Å². The van der Waals surface area contributed by atoms with Crippen LogP contribution in [-0.2, 0) is 0 Å². The van der Waals surface area contributed by atoms with Gasteiger partial charge in [0.05, 0.1) is 9.82 Å². The number of carbonyl (C=O) groups is 1. The highest BCUT2D eigenvalue weighted by molar-refractivity contribution is 7.99. The van der Waals surface area contributed by atoms with Crippen molar-refractivity contribution in [1.29, 1.82) is 0 Å². The normalized spacial score (nSPS) is 14.7. The summed E-state index contributed by atoms with van der Waals surface area (Å²) >= 11 is 7.25. The number of rotatable bonds is 4. The molecule has 2 aromatic rings. The topological polar surface area (TPSA) is 63.4 Å².